The van der Waals surface area contributed by atoms with E-state index in [-0.39, 0.29) is 0 Å². The van der Waals surface area contributed by atoms with E-state index in [1.54, 1.807) is 6.26 Å². The molecular weight excluding hydrogens is 224 g/mol. The van der Waals surface area contributed by atoms with Crippen molar-refractivity contribution >= 4 is 0 Å². The Bertz CT molecular complexity index is 334. The minimum atomic E-state index is 0.412. The van der Waals surface area contributed by atoms with Crippen molar-refractivity contribution in [3.63, 3.8) is 0 Å². The normalized spacial score (nSPS) is 22.8. The zero-order valence-corrected chi connectivity index (χ0v) is 11.9. The molecule has 0 aromatic carbocycles. The number of furan rings is 1. The standard InChI is InChI=1S/C15H26N2O/c1-12(2)9-16-10-14-6-7-17(11-14)13(3)15-5-4-8-18-15/h4-5,8,12-14,16H,6-7,9-11H2,1-3H3. The number of likely N-dealkylation sites (tertiary alicyclic amines) is 1. The SMILES string of the molecule is CC(C)CNCC1CCN(C(C)c2ccco2)C1. The van der Waals surface area contributed by atoms with Gasteiger partial charge in [0.15, 0.2) is 0 Å². The average molecular weight is 250 g/mol. The molecule has 1 aliphatic heterocycles. The van der Waals surface area contributed by atoms with Gasteiger partial charge in [0.2, 0.25) is 0 Å². The van der Waals surface area contributed by atoms with Gasteiger partial charge in [-0.15, -0.1) is 0 Å². The number of hydrogen-bond acceptors (Lipinski definition) is 3. The van der Waals surface area contributed by atoms with Crippen LogP contribution in [0.3, 0.4) is 0 Å². The van der Waals surface area contributed by atoms with Gasteiger partial charge in [-0.2, -0.15) is 0 Å². The molecule has 1 saturated heterocycles. The highest BCUT2D eigenvalue weighted by Gasteiger charge is 2.27. The molecule has 0 aliphatic carbocycles. The van der Waals surface area contributed by atoms with Crippen molar-refractivity contribution < 1.29 is 4.42 Å². The summed E-state index contributed by atoms with van der Waals surface area (Å²) in [5, 5.41) is 3.57. The van der Waals surface area contributed by atoms with E-state index in [1.165, 1.54) is 19.5 Å². The fourth-order valence-corrected chi connectivity index (χ4v) is 2.67. The fourth-order valence-electron chi connectivity index (χ4n) is 2.67. The molecule has 1 fully saturated rings. The molecule has 0 amide bonds. The Labute approximate surface area is 111 Å². The minimum absolute atomic E-state index is 0.412. The molecule has 0 spiro atoms. The lowest BCUT2D eigenvalue weighted by Gasteiger charge is -2.22. The van der Waals surface area contributed by atoms with Crippen molar-refractivity contribution in [2.24, 2.45) is 11.8 Å². The number of rotatable bonds is 6. The Morgan fingerprint density at radius 2 is 2.28 bits per heavy atom. The van der Waals surface area contributed by atoms with Crippen LogP contribution in [0.15, 0.2) is 22.8 Å². The molecule has 18 heavy (non-hydrogen) atoms. The van der Waals surface area contributed by atoms with Crippen LogP contribution in [0, 0.1) is 11.8 Å². The van der Waals surface area contributed by atoms with Crippen LogP contribution in [-0.2, 0) is 0 Å². The van der Waals surface area contributed by atoms with Gasteiger partial charge in [0.05, 0.1) is 12.3 Å². The second kappa shape index (κ2) is 6.39. The second-order valence-corrected chi connectivity index (χ2v) is 5.89. The van der Waals surface area contributed by atoms with Gasteiger partial charge in [0, 0.05) is 6.54 Å². The van der Waals surface area contributed by atoms with Gasteiger partial charge >= 0.3 is 0 Å². The van der Waals surface area contributed by atoms with Crippen LogP contribution in [0.4, 0.5) is 0 Å². The summed E-state index contributed by atoms with van der Waals surface area (Å²) < 4.78 is 5.50. The zero-order valence-electron chi connectivity index (χ0n) is 11.9. The molecule has 3 nitrogen and oxygen atoms in total. The van der Waals surface area contributed by atoms with Gasteiger partial charge in [0.25, 0.3) is 0 Å². The summed E-state index contributed by atoms with van der Waals surface area (Å²) in [6.45, 7) is 11.4. The average Bonchev–Trinajstić information content (AvgIpc) is 2.99. The van der Waals surface area contributed by atoms with Crippen molar-refractivity contribution in [2.75, 3.05) is 26.2 Å². The van der Waals surface area contributed by atoms with Crippen LogP contribution >= 0.6 is 0 Å². The van der Waals surface area contributed by atoms with Gasteiger partial charge in [-0.3, -0.25) is 4.90 Å². The summed E-state index contributed by atoms with van der Waals surface area (Å²) in [6.07, 6.45) is 3.07. The Hall–Kier alpha value is -0.800. The van der Waals surface area contributed by atoms with Crippen LogP contribution in [0.25, 0.3) is 0 Å². The topological polar surface area (TPSA) is 28.4 Å². The third-order valence-electron chi connectivity index (χ3n) is 3.81. The largest absolute Gasteiger partial charge is 0.468 e. The van der Waals surface area contributed by atoms with Crippen molar-refractivity contribution in [1.29, 1.82) is 0 Å². The van der Waals surface area contributed by atoms with E-state index in [1.807, 2.05) is 6.07 Å². The fraction of sp³-hybridized carbons (Fsp3) is 0.733. The summed E-state index contributed by atoms with van der Waals surface area (Å²) in [5.41, 5.74) is 0. The van der Waals surface area contributed by atoms with Gasteiger partial charge in [-0.1, -0.05) is 13.8 Å². The lowest BCUT2D eigenvalue weighted by atomic mass is 10.1. The first-order chi connectivity index (χ1) is 8.66. The van der Waals surface area contributed by atoms with Crippen LogP contribution in [0.5, 0.6) is 0 Å². The first-order valence-electron chi connectivity index (χ1n) is 7.15. The highest BCUT2D eigenvalue weighted by atomic mass is 16.3. The molecular formula is C15H26N2O. The monoisotopic (exact) mass is 250 g/mol. The molecule has 2 heterocycles. The van der Waals surface area contributed by atoms with Gasteiger partial charge in [-0.05, 0) is 56.9 Å². The number of hydrogen-bond donors (Lipinski definition) is 1. The van der Waals surface area contributed by atoms with E-state index in [4.69, 9.17) is 4.42 Å². The summed E-state index contributed by atoms with van der Waals surface area (Å²) in [6, 6.07) is 4.47. The van der Waals surface area contributed by atoms with Crippen molar-refractivity contribution in [3.8, 4) is 0 Å². The highest BCUT2D eigenvalue weighted by Crippen LogP contribution is 2.27. The predicted octanol–water partition coefficient (Wildman–Crippen LogP) is 2.91. The molecule has 0 radical (unpaired) electrons. The quantitative estimate of drug-likeness (QED) is 0.841. The molecule has 2 atom stereocenters. The van der Waals surface area contributed by atoms with E-state index < -0.39 is 0 Å². The van der Waals surface area contributed by atoms with Gasteiger partial charge in [-0.25, -0.2) is 0 Å². The van der Waals surface area contributed by atoms with Gasteiger partial charge in [0.1, 0.15) is 5.76 Å². The maximum absolute atomic E-state index is 5.50. The number of nitrogens with zero attached hydrogens (tertiary/aromatic N) is 1. The van der Waals surface area contributed by atoms with E-state index in [2.05, 4.69) is 37.1 Å². The first kappa shape index (κ1) is 13.6. The molecule has 3 heteroatoms. The number of nitrogens with one attached hydrogen (secondary N) is 1. The van der Waals surface area contributed by atoms with Crippen molar-refractivity contribution in [1.82, 2.24) is 10.2 Å². The van der Waals surface area contributed by atoms with E-state index in [0.717, 1.165) is 30.7 Å². The maximum Gasteiger partial charge on any atom is 0.120 e. The van der Waals surface area contributed by atoms with Crippen LogP contribution in [0.2, 0.25) is 0 Å². The lowest BCUT2D eigenvalue weighted by molar-refractivity contribution is 0.222. The van der Waals surface area contributed by atoms with E-state index >= 15 is 0 Å². The lowest BCUT2D eigenvalue weighted by Crippen LogP contribution is -2.29. The van der Waals surface area contributed by atoms with E-state index in [0.29, 0.717) is 6.04 Å². The predicted molar refractivity (Wildman–Crippen MR) is 74.5 cm³/mol. The van der Waals surface area contributed by atoms with Crippen LogP contribution < -0.4 is 5.32 Å². The molecule has 0 bridgehead atoms. The molecule has 2 unspecified atom stereocenters. The van der Waals surface area contributed by atoms with E-state index in [9.17, 15) is 0 Å². The zero-order chi connectivity index (χ0) is 13.0. The molecule has 102 valence electrons. The van der Waals surface area contributed by atoms with Crippen LogP contribution in [-0.4, -0.2) is 31.1 Å². The Morgan fingerprint density at radius 1 is 1.44 bits per heavy atom. The Morgan fingerprint density at radius 3 is 2.94 bits per heavy atom. The third kappa shape index (κ3) is 3.59. The summed E-state index contributed by atoms with van der Waals surface area (Å²) in [4.78, 5) is 2.53. The molecule has 1 aromatic heterocycles. The maximum atomic E-state index is 5.50. The summed E-state index contributed by atoms with van der Waals surface area (Å²) in [5.74, 6) is 2.62. The smallest absolute Gasteiger partial charge is 0.120 e. The second-order valence-electron chi connectivity index (χ2n) is 5.89. The van der Waals surface area contributed by atoms with Crippen molar-refractivity contribution in [3.05, 3.63) is 24.2 Å². The molecule has 1 N–H and O–H groups in total. The first-order valence-corrected chi connectivity index (χ1v) is 7.15. The summed E-state index contributed by atoms with van der Waals surface area (Å²) >= 11 is 0. The third-order valence-corrected chi connectivity index (χ3v) is 3.81. The highest BCUT2D eigenvalue weighted by molar-refractivity contribution is 5.04. The van der Waals surface area contributed by atoms with Crippen LogP contribution in [0.1, 0.15) is 39.0 Å². The molecule has 0 saturated carbocycles. The molecule has 1 aliphatic rings. The summed E-state index contributed by atoms with van der Waals surface area (Å²) in [7, 11) is 0. The van der Waals surface area contributed by atoms with Gasteiger partial charge < -0.3 is 9.73 Å². The Kier molecular flexibility index (Phi) is 4.84. The Balaban J connectivity index is 1.74. The van der Waals surface area contributed by atoms with Crippen molar-refractivity contribution in [2.45, 2.75) is 33.2 Å². The molecule has 1 aromatic rings. The minimum Gasteiger partial charge on any atom is -0.468 e. The molecule has 2 rings (SSSR count).